The SMILES string of the molecule is CCc1ccc(CC(=O)c2ccncc2)nc1. The van der Waals surface area contributed by atoms with Crippen molar-refractivity contribution >= 4 is 5.78 Å². The first-order chi connectivity index (χ1) is 8.29. The number of carbonyl (C=O) groups is 1. The van der Waals surface area contributed by atoms with Gasteiger partial charge in [0, 0.05) is 29.8 Å². The topological polar surface area (TPSA) is 42.9 Å². The van der Waals surface area contributed by atoms with Gasteiger partial charge in [0.1, 0.15) is 0 Å². The van der Waals surface area contributed by atoms with Gasteiger partial charge in [0.15, 0.2) is 5.78 Å². The van der Waals surface area contributed by atoms with Gasteiger partial charge in [-0.2, -0.15) is 0 Å². The van der Waals surface area contributed by atoms with Crippen LogP contribution in [0.4, 0.5) is 0 Å². The molecule has 2 heterocycles. The summed E-state index contributed by atoms with van der Waals surface area (Å²) in [5, 5.41) is 0. The molecule has 17 heavy (non-hydrogen) atoms. The van der Waals surface area contributed by atoms with E-state index in [9.17, 15) is 4.79 Å². The molecule has 0 spiro atoms. The van der Waals surface area contributed by atoms with Gasteiger partial charge in [-0.1, -0.05) is 13.0 Å². The summed E-state index contributed by atoms with van der Waals surface area (Å²) in [5.41, 5.74) is 2.68. The molecule has 3 heteroatoms. The smallest absolute Gasteiger partial charge is 0.168 e. The lowest BCUT2D eigenvalue weighted by molar-refractivity contribution is 0.0992. The minimum atomic E-state index is 0.0733. The van der Waals surface area contributed by atoms with Crippen LogP contribution < -0.4 is 0 Å². The van der Waals surface area contributed by atoms with Crippen LogP contribution >= 0.6 is 0 Å². The van der Waals surface area contributed by atoms with Crippen LogP contribution in [-0.4, -0.2) is 15.8 Å². The summed E-state index contributed by atoms with van der Waals surface area (Å²) in [6.07, 6.45) is 6.39. The van der Waals surface area contributed by atoms with Gasteiger partial charge in [0.05, 0.1) is 6.42 Å². The van der Waals surface area contributed by atoms with Gasteiger partial charge in [-0.15, -0.1) is 0 Å². The average Bonchev–Trinajstić information content (AvgIpc) is 2.40. The van der Waals surface area contributed by atoms with E-state index in [-0.39, 0.29) is 5.78 Å². The van der Waals surface area contributed by atoms with Gasteiger partial charge in [-0.3, -0.25) is 14.8 Å². The maximum Gasteiger partial charge on any atom is 0.168 e. The first-order valence-corrected chi connectivity index (χ1v) is 5.66. The molecule has 3 nitrogen and oxygen atoms in total. The Kier molecular flexibility index (Phi) is 3.60. The van der Waals surface area contributed by atoms with Gasteiger partial charge >= 0.3 is 0 Å². The highest BCUT2D eigenvalue weighted by atomic mass is 16.1. The summed E-state index contributed by atoms with van der Waals surface area (Å²) in [6.45, 7) is 2.08. The monoisotopic (exact) mass is 226 g/mol. The number of aryl methyl sites for hydroxylation is 1. The number of aromatic nitrogens is 2. The zero-order valence-electron chi connectivity index (χ0n) is 9.76. The fourth-order valence-electron chi connectivity index (χ4n) is 1.57. The highest BCUT2D eigenvalue weighted by Gasteiger charge is 2.07. The Morgan fingerprint density at radius 2 is 1.94 bits per heavy atom. The van der Waals surface area contributed by atoms with Gasteiger partial charge in [0.25, 0.3) is 0 Å². The van der Waals surface area contributed by atoms with Crippen molar-refractivity contribution in [3.63, 3.8) is 0 Å². The molecule has 0 aliphatic heterocycles. The minimum absolute atomic E-state index is 0.0733. The fourth-order valence-corrected chi connectivity index (χ4v) is 1.57. The number of hydrogen-bond donors (Lipinski definition) is 0. The van der Waals surface area contributed by atoms with E-state index in [1.54, 1.807) is 24.5 Å². The van der Waals surface area contributed by atoms with E-state index < -0.39 is 0 Å². The number of pyridine rings is 2. The van der Waals surface area contributed by atoms with Crippen LogP contribution in [0.2, 0.25) is 0 Å². The summed E-state index contributed by atoms with van der Waals surface area (Å²) >= 11 is 0. The largest absolute Gasteiger partial charge is 0.294 e. The Balaban J connectivity index is 2.08. The maximum atomic E-state index is 11.9. The molecule has 2 aromatic rings. The van der Waals surface area contributed by atoms with Gasteiger partial charge in [0.2, 0.25) is 0 Å². The van der Waals surface area contributed by atoms with Crippen molar-refractivity contribution < 1.29 is 4.79 Å². The van der Waals surface area contributed by atoms with Crippen molar-refractivity contribution in [3.05, 3.63) is 59.7 Å². The standard InChI is InChI=1S/C14H14N2O/c1-2-11-3-4-13(16-10-11)9-14(17)12-5-7-15-8-6-12/h3-8,10H,2,9H2,1H3. The van der Waals surface area contributed by atoms with Crippen molar-refractivity contribution in [3.8, 4) is 0 Å². The van der Waals surface area contributed by atoms with Crippen LogP contribution in [0.5, 0.6) is 0 Å². The van der Waals surface area contributed by atoms with Crippen LogP contribution in [-0.2, 0) is 12.8 Å². The number of carbonyl (C=O) groups excluding carboxylic acids is 1. The van der Waals surface area contributed by atoms with E-state index >= 15 is 0 Å². The highest BCUT2D eigenvalue weighted by molar-refractivity contribution is 5.97. The van der Waals surface area contributed by atoms with E-state index in [1.807, 2.05) is 18.3 Å². The number of nitrogens with zero attached hydrogens (tertiary/aromatic N) is 2. The van der Waals surface area contributed by atoms with Crippen LogP contribution in [0.1, 0.15) is 28.5 Å². The molecular weight excluding hydrogens is 212 g/mol. The summed E-state index contributed by atoms with van der Waals surface area (Å²) in [4.78, 5) is 20.1. The minimum Gasteiger partial charge on any atom is -0.294 e. The third kappa shape index (κ3) is 2.97. The number of rotatable bonds is 4. The van der Waals surface area contributed by atoms with Crippen molar-refractivity contribution in [1.29, 1.82) is 0 Å². The molecule has 2 rings (SSSR count). The van der Waals surface area contributed by atoms with E-state index in [4.69, 9.17) is 0 Å². The van der Waals surface area contributed by atoms with Crippen molar-refractivity contribution in [2.45, 2.75) is 19.8 Å². The first-order valence-electron chi connectivity index (χ1n) is 5.66. The van der Waals surface area contributed by atoms with E-state index in [0.717, 1.165) is 12.1 Å². The second-order valence-corrected chi connectivity index (χ2v) is 3.85. The summed E-state index contributed by atoms with van der Waals surface area (Å²) in [6, 6.07) is 7.38. The summed E-state index contributed by atoms with van der Waals surface area (Å²) in [7, 11) is 0. The Bertz CT molecular complexity index is 491. The van der Waals surface area contributed by atoms with Crippen molar-refractivity contribution in [2.75, 3.05) is 0 Å². The zero-order chi connectivity index (χ0) is 12.1. The molecule has 0 radical (unpaired) electrons. The average molecular weight is 226 g/mol. The molecule has 0 aromatic carbocycles. The molecule has 0 amide bonds. The predicted octanol–water partition coefficient (Wildman–Crippen LogP) is 2.46. The van der Waals surface area contributed by atoms with Gasteiger partial charge in [-0.25, -0.2) is 0 Å². The molecule has 0 bridgehead atoms. The molecule has 86 valence electrons. The van der Waals surface area contributed by atoms with Crippen LogP contribution in [0.3, 0.4) is 0 Å². The molecule has 0 aliphatic carbocycles. The first kappa shape index (κ1) is 11.5. The summed E-state index contributed by atoms with van der Waals surface area (Å²) in [5.74, 6) is 0.0733. The lowest BCUT2D eigenvalue weighted by Crippen LogP contribution is -2.05. The Labute approximate surface area is 101 Å². The lowest BCUT2D eigenvalue weighted by atomic mass is 10.1. The Morgan fingerprint density at radius 3 is 2.53 bits per heavy atom. The zero-order valence-corrected chi connectivity index (χ0v) is 9.76. The molecule has 0 fully saturated rings. The Hall–Kier alpha value is -2.03. The second kappa shape index (κ2) is 5.34. The molecule has 0 atom stereocenters. The fraction of sp³-hybridized carbons (Fsp3) is 0.214. The van der Waals surface area contributed by atoms with Gasteiger partial charge < -0.3 is 0 Å². The molecule has 0 saturated carbocycles. The Morgan fingerprint density at radius 1 is 1.18 bits per heavy atom. The van der Waals surface area contributed by atoms with E-state index in [1.165, 1.54) is 5.56 Å². The van der Waals surface area contributed by atoms with Crippen LogP contribution in [0, 0.1) is 0 Å². The lowest BCUT2D eigenvalue weighted by Gasteiger charge is -2.01. The highest BCUT2D eigenvalue weighted by Crippen LogP contribution is 2.06. The number of Topliss-reactive ketones (excluding diaryl/α,β-unsaturated/α-hetero) is 1. The maximum absolute atomic E-state index is 11.9. The third-order valence-corrected chi connectivity index (χ3v) is 2.64. The van der Waals surface area contributed by atoms with Crippen molar-refractivity contribution in [1.82, 2.24) is 9.97 Å². The van der Waals surface area contributed by atoms with Gasteiger partial charge in [-0.05, 0) is 30.2 Å². The summed E-state index contributed by atoms with van der Waals surface area (Å²) < 4.78 is 0. The molecule has 2 aromatic heterocycles. The third-order valence-electron chi connectivity index (χ3n) is 2.64. The quantitative estimate of drug-likeness (QED) is 0.752. The number of hydrogen-bond acceptors (Lipinski definition) is 3. The molecule has 0 aliphatic rings. The molecular formula is C14H14N2O. The number of ketones is 1. The van der Waals surface area contributed by atoms with Crippen LogP contribution in [0.25, 0.3) is 0 Å². The molecule has 0 N–H and O–H groups in total. The van der Waals surface area contributed by atoms with E-state index in [2.05, 4.69) is 16.9 Å². The van der Waals surface area contributed by atoms with Crippen molar-refractivity contribution in [2.24, 2.45) is 0 Å². The van der Waals surface area contributed by atoms with E-state index in [0.29, 0.717) is 12.0 Å². The van der Waals surface area contributed by atoms with Crippen LogP contribution in [0.15, 0.2) is 42.9 Å². The predicted molar refractivity (Wildman–Crippen MR) is 65.9 cm³/mol. The molecule has 0 unspecified atom stereocenters. The second-order valence-electron chi connectivity index (χ2n) is 3.85. The molecule has 0 saturated heterocycles. The normalized spacial score (nSPS) is 10.2.